The molecule has 0 radical (unpaired) electrons. The van der Waals surface area contributed by atoms with Gasteiger partial charge in [0.2, 0.25) is 5.91 Å². The summed E-state index contributed by atoms with van der Waals surface area (Å²) in [6.45, 7) is 3.56. The minimum absolute atomic E-state index is 0.161. The van der Waals surface area contributed by atoms with Gasteiger partial charge in [-0.05, 0) is 65.9 Å². The van der Waals surface area contributed by atoms with Crippen molar-refractivity contribution in [2.45, 2.75) is 26.1 Å². The molecule has 1 aliphatic rings. The maximum Gasteiger partial charge on any atom is 0.416 e. The Bertz CT molecular complexity index is 1600. The number of nitrogens with one attached hydrogen (secondary N) is 2. The molecule has 0 aliphatic carbocycles. The average Bonchev–Trinajstić information content (AvgIpc) is 2.91. The molecule has 0 fully saturated rings. The summed E-state index contributed by atoms with van der Waals surface area (Å²) in [4.78, 5) is 40.8. The van der Waals surface area contributed by atoms with Crippen LogP contribution in [0.4, 0.5) is 30.2 Å². The number of alkyl halides is 3. The van der Waals surface area contributed by atoms with Crippen LogP contribution in [0.1, 0.15) is 40.1 Å². The summed E-state index contributed by atoms with van der Waals surface area (Å²) in [5.41, 5.74) is 0.903. The summed E-state index contributed by atoms with van der Waals surface area (Å²) in [5.74, 6) is -1.57. The third kappa shape index (κ3) is 5.00. The molecule has 0 bridgehead atoms. The number of imide groups is 1. The number of benzene rings is 4. The number of halogens is 4. The van der Waals surface area contributed by atoms with Crippen LogP contribution in [-0.4, -0.2) is 23.8 Å². The largest absolute Gasteiger partial charge is 0.416 e. The van der Waals surface area contributed by atoms with Crippen LogP contribution in [0.25, 0.3) is 10.8 Å². The van der Waals surface area contributed by atoms with Crippen LogP contribution < -0.4 is 15.5 Å². The molecule has 6 nitrogen and oxygen atoms in total. The van der Waals surface area contributed by atoms with E-state index in [9.17, 15) is 27.6 Å². The van der Waals surface area contributed by atoms with Crippen LogP contribution >= 0.6 is 11.6 Å². The van der Waals surface area contributed by atoms with Gasteiger partial charge in [0, 0.05) is 22.2 Å². The molecule has 0 saturated heterocycles. The minimum Gasteiger partial charge on any atom is -0.372 e. The van der Waals surface area contributed by atoms with Gasteiger partial charge >= 0.3 is 6.18 Å². The van der Waals surface area contributed by atoms with Crippen molar-refractivity contribution >= 4 is 57.2 Å². The van der Waals surface area contributed by atoms with Gasteiger partial charge in [0.25, 0.3) is 11.8 Å². The van der Waals surface area contributed by atoms with Crippen molar-refractivity contribution in [3.05, 3.63) is 101 Å². The molecule has 3 amide bonds. The smallest absolute Gasteiger partial charge is 0.372 e. The fraction of sp³-hybridized carbons (Fsp3) is 0.167. The fourth-order valence-corrected chi connectivity index (χ4v) is 4.92. The molecular formula is C30H23ClF3N3O3. The van der Waals surface area contributed by atoms with Crippen LogP contribution in [0.2, 0.25) is 5.02 Å². The summed E-state index contributed by atoms with van der Waals surface area (Å²) in [6, 6.07) is 18.9. The molecule has 1 unspecified atom stereocenters. The van der Waals surface area contributed by atoms with E-state index >= 15 is 0 Å². The highest BCUT2D eigenvalue weighted by Gasteiger charge is 2.34. The molecule has 0 spiro atoms. The first kappa shape index (κ1) is 27.2. The Morgan fingerprint density at radius 2 is 1.48 bits per heavy atom. The van der Waals surface area contributed by atoms with Crippen molar-refractivity contribution in [3.63, 3.8) is 0 Å². The van der Waals surface area contributed by atoms with E-state index in [4.69, 9.17) is 11.6 Å². The Hall–Kier alpha value is -4.37. The number of hydrogen-bond donors (Lipinski definition) is 2. The summed E-state index contributed by atoms with van der Waals surface area (Å²) in [5, 5.41) is 6.97. The summed E-state index contributed by atoms with van der Waals surface area (Å²) >= 11 is 6.07. The second-order valence-corrected chi connectivity index (χ2v) is 10.2. The predicted octanol–water partition coefficient (Wildman–Crippen LogP) is 7.39. The van der Waals surface area contributed by atoms with E-state index < -0.39 is 35.5 Å². The van der Waals surface area contributed by atoms with Crippen molar-refractivity contribution in [2.75, 3.05) is 15.5 Å². The van der Waals surface area contributed by atoms with Gasteiger partial charge in [-0.3, -0.25) is 14.4 Å². The number of carbonyl (C=O) groups is 3. The third-order valence-electron chi connectivity index (χ3n) is 6.72. The molecule has 4 aromatic rings. The van der Waals surface area contributed by atoms with Crippen molar-refractivity contribution in [2.24, 2.45) is 5.92 Å². The van der Waals surface area contributed by atoms with E-state index in [1.165, 1.54) is 6.07 Å². The highest BCUT2D eigenvalue weighted by atomic mass is 35.5. The molecule has 0 saturated carbocycles. The quantitative estimate of drug-likeness (QED) is 0.239. The van der Waals surface area contributed by atoms with E-state index in [0.29, 0.717) is 27.9 Å². The molecule has 0 aromatic heterocycles. The van der Waals surface area contributed by atoms with Gasteiger partial charge in [-0.15, -0.1) is 0 Å². The Morgan fingerprint density at radius 3 is 2.00 bits per heavy atom. The number of anilines is 3. The Balaban J connectivity index is 1.34. The lowest BCUT2D eigenvalue weighted by Crippen LogP contribution is -2.40. The SMILES string of the molecule is CC(C)C(Nc1ccc(C(F)(F)F)cc1Cl)C(=O)Nc1ccc(N2C(=O)c3cccc4cccc(c34)C2=O)cc1. The van der Waals surface area contributed by atoms with E-state index in [-0.39, 0.29) is 16.6 Å². The van der Waals surface area contributed by atoms with Gasteiger partial charge in [0.1, 0.15) is 6.04 Å². The molecular weight excluding hydrogens is 543 g/mol. The lowest BCUT2D eigenvalue weighted by atomic mass is 9.94. The Morgan fingerprint density at radius 1 is 0.875 bits per heavy atom. The zero-order chi connectivity index (χ0) is 28.8. The van der Waals surface area contributed by atoms with Gasteiger partial charge in [0.15, 0.2) is 0 Å². The van der Waals surface area contributed by atoms with Gasteiger partial charge < -0.3 is 10.6 Å². The van der Waals surface area contributed by atoms with E-state index in [1.807, 2.05) is 12.1 Å². The lowest BCUT2D eigenvalue weighted by molar-refractivity contribution is -0.137. The Kier molecular flexibility index (Phi) is 7.01. The van der Waals surface area contributed by atoms with Crippen LogP contribution in [-0.2, 0) is 11.0 Å². The van der Waals surface area contributed by atoms with Crippen molar-refractivity contribution in [3.8, 4) is 0 Å². The van der Waals surface area contributed by atoms with Gasteiger partial charge in [-0.1, -0.05) is 49.7 Å². The molecule has 1 atom stereocenters. The second-order valence-electron chi connectivity index (χ2n) is 9.75. The molecule has 1 heterocycles. The lowest BCUT2D eigenvalue weighted by Gasteiger charge is -2.27. The van der Waals surface area contributed by atoms with Gasteiger partial charge in [-0.2, -0.15) is 13.2 Å². The van der Waals surface area contributed by atoms with E-state index in [0.717, 1.165) is 22.4 Å². The van der Waals surface area contributed by atoms with Crippen molar-refractivity contribution in [1.82, 2.24) is 0 Å². The molecule has 2 N–H and O–H groups in total. The maximum absolute atomic E-state index is 13.3. The number of carbonyl (C=O) groups excluding carboxylic acids is 3. The molecule has 5 rings (SSSR count). The zero-order valence-corrected chi connectivity index (χ0v) is 22.1. The molecule has 40 heavy (non-hydrogen) atoms. The van der Waals surface area contributed by atoms with E-state index in [1.54, 1.807) is 62.4 Å². The van der Waals surface area contributed by atoms with Gasteiger partial charge in [0.05, 0.1) is 22.0 Å². The molecule has 4 aromatic carbocycles. The molecule has 204 valence electrons. The summed E-state index contributed by atoms with van der Waals surface area (Å²) in [6.07, 6.45) is -4.54. The third-order valence-corrected chi connectivity index (χ3v) is 7.03. The van der Waals surface area contributed by atoms with Crippen LogP contribution in [0, 0.1) is 5.92 Å². The highest BCUT2D eigenvalue weighted by molar-refractivity contribution is 6.36. The van der Waals surface area contributed by atoms with Crippen LogP contribution in [0.15, 0.2) is 78.9 Å². The number of nitrogens with zero attached hydrogens (tertiary/aromatic N) is 1. The van der Waals surface area contributed by atoms with E-state index in [2.05, 4.69) is 10.6 Å². The standard InChI is InChI=1S/C30H23ClF3N3O3/c1-16(2)26(36-24-14-9-18(15-23(24)31)30(32,33)34)27(38)35-19-10-12-20(13-11-19)37-28(39)21-7-3-5-17-6-4-8-22(25(17)21)29(37)40/h3-16,26,36H,1-2H3,(H,35,38). The fourth-order valence-electron chi connectivity index (χ4n) is 4.69. The second kappa shape index (κ2) is 10.3. The zero-order valence-electron chi connectivity index (χ0n) is 21.3. The number of hydrogen-bond acceptors (Lipinski definition) is 4. The van der Waals surface area contributed by atoms with Crippen LogP contribution in [0.3, 0.4) is 0 Å². The van der Waals surface area contributed by atoms with Gasteiger partial charge in [-0.25, -0.2) is 4.90 Å². The van der Waals surface area contributed by atoms with Crippen molar-refractivity contribution in [1.29, 1.82) is 0 Å². The molecule has 10 heteroatoms. The Labute approximate surface area is 232 Å². The normalized spacial score (nSPS) is 14.0. The average molecular weight is 566 g/mol. The first-order valence-corrected chi connectivity index (χ1v) is 12.8. The summed E-state index contributed by atoms with van der Waals surface area (Å²) in [7, 11) is 0. The topological polar surface area (TPSA) is 78.5 Å². The predicted molar refractivity (Wildman–Crippen MR) is 149 cm³/mol. The first-order valence-electron chi connectivity index (χ1n) is 12.4. The van der Waals surface area contributed by atoms with Crippen molar-refractivity contribution < 1.29 is 27.6 Å². The maximum atomic E-state index is 13.3. The highest BCUT2D eigenvalue weighted by Crippen LogP contribution is 2.35. The monoisotopic (exact) mass is 565 g/mol. The number of rotatable bonds is 6. The molecule has 1 aliphatic heterocycles. The minimum atomic E-state index is -4.54. The summed E-state index contributed by atoms with van der Waals surface area (Å²) < 4.78 is 39.0. The van der Waals surface area contributed by atoms with Crippen LogP contribution in [0.5, 0.6) is 0 Å². The number of amides is 3. The first-order chi connectivity index (χ1) is 19.0.